The molecule has 0 fully saturated rings. The molecule has 0 bridgehead atoms. The largest absolute Gasteiger partial charge is 0.493 e. The third kappa shape index (κ3) is 5.06. The summed E-state index contributed by atoms with van der Waals surface area (Å²) in [5.74, 6) is 2.23. The number of nitrogens with one attached hydrogen (secondary N) is 1. The normalized spacial score (nSPS) is 10.9. The number of hydrogen-bond donors (Lipinski definition) is 1. The number of benzene rings is 1. The van der Waals surface area contributed by atoms with Crippen LogP contribution in [0.4, 0.5) is 0 Å². The molecule has 1 aromatic carbocycles. The third-order valence-electron chi connectivity index (χ3n) is 3.06. The van der Waals surface area contributed by atoms with Gasteiger partial charge in [0.2, 0.25) is 0 Å². The van der Waals surface area contributed by atoms with Crippen LogP contribution < -0.4 is 14.8 Å². The minimum Gasteiger partial charge on any atom is -0.493 e. The smallest absolute Gasteiger partial charge is 0.162 e. The third-order valence-corrected chi connectivity index (χ3v) is 3.91. The highest BCUT2D eigenvalue weighted by Gasteiger charge is 2.07. The SMILES string of the molecule is COc1ccc(CNCC(C)C)cc1OCc1cccs1. The van der Waals surface area contributed by atoms with Gasteiger partial charge in [-0.1, -0.05) is 26.0 Å². The molecule has 114 valence electrons. The molecule has 0 aliphatic carbocycles. The number of rotatable bonds is 8. The predicted octanol–water partition coefficient (Wildman–Crippen LogP) is 4.08. The van der Waals surface area contributed by atoms with Crippen LogP contribution in [0.3, 0.4) is 0 Å². The number of thiophene rings is 1. The summed E-state index contributed by atoms with van der Waals surface area (Å²) in [4.78, 5) is 1.21. The molecule has 0 amide bonds. The molecule has 0 unspecified atom stereocenters. The van der Waals surface area contributed by atoms with Crippen molar-refractivity contribution < 1.29 is 9.47 Å². The second kappa shape index (κ2) is 8.05. The van der Waals surface area contributed by atoms with E-state index in [-0.39, 0.29) is 0 Å². The van der Waals surface area contributed by atoms with Crippen LogP contribution in [0.5, 0.6) is 11.5 Å². The molecule has 0 aliphatic rings. The highest BCUT2D eigenvalue weighted by Crippen LogP contribution is 2.29. The first-order valence-corrected chi connectivity index (χ1v) is 8.10. The van der Waals surface area contributed by atoms with E-state index in [0.29, 0.717) is 12.5 Å². The summed E-state index contributed by atoms with van der Waals surface area (Å²) in [6.07, 6.45) is 0. The van der Waals surface area contributed by atoms with Gasteiger partial charge in [-0.2, -0.15) is 0 Å². The van der Waals surface area contributed by atoms with Gasteiger partial charge >= 0.3 is 0 Å². The topological polar surface area (TPSA) is 30.5 Å². The van der Waals surface area contributed by atoms with E-state index in [9.17, 15) is 0 Å². The van der Waals surface area contributed by atoms with Gasteiger partial charge in [0, 0.05) is 11.4 Å². The average molecular weight is 305 g/mol. The van der Waals surface area contributed by atoms with Crippen LogP contribution in [-0.4, -0.2) is 13.7 Å². The quantitative estimate of drug-likeness (QED) is 0.797. The van der Waals surface area contributed by atoms with Crippen LogP contribution in [0.1, 0.15) is 24.3 Å². The molecule has 21 heavy (non-hydrogen) atoms. The molecule has 0 spiro atoms. The molecule has 0 saturated carbocycles. The van der Waals surface area contributed by atoms with Crippen molar-refractivity contribution in [1.29, 1.82) is 0 Å². The van der Waals surface area contributed by atoms with Crippen LogP contribution in [0.15, 0.2) is 35.7 Å². The predicted molar refractivity (Wildman–Crippen MR) is 88.2 cm³/mol. The van der Waals surface area contributed by atoms with E-state index in [2.05, 4.69) is 42.7 Å². The van der Waals surface area contributed by atoms with Crippen molar-refractivity contribution >= 4 is 11.3 Å². The summed E-state index contributed by atoms with van der Waals surface area (Å²) >= 11 is 1.70. The lowest BCUT2D eigenvalue weighted by atomic mass is 10.2. The molecule has 0 saturated heterocycles. The molecule has 3 nitrogen and oxygen atoms in total. The fourth-order valence-corrected chi connectivity index (χ4v) is 2.61. The molecule has 1 heterocycles. The Morgan fingerprint density at radius 3 is 2.71 bits per heavy atom. The highest BCUT2D eigenvalue weighted by molar-refractivity contribution is 7.09. The summed E-state index contributed by atoms with van der Waals surface area (Å²) in [6, 6.07) is 10.2. The Morgan fingerprint density at radius 2 is 2.05 bits per heavy atom. The van der Waals surface area contributed by atoms with Crippen LogP contribution in [-0.2, 0) is 13.2 Å². The van der Waals surface area contributed by atoms with Crippen molar-refractivity contribution in [2.24, 2.45) is 5.92 Å². The Kier molecular flexibility index (Phi) is 6.08. The number of ether oxygens (including phenoxy) is 2. The van der Waals surface area contributed by atoms with Gasteiger partial charge in [0.15, 0.2) is 11.5 Å². The van der Waals surface area contributed by atoms with E-state index in [1.54, 1.807) is 18.4 Å². The van der Waals surface area contributed by atoms with Gasteiger partial charge in [0.1, 0.15) is 6.61 Å². The molecule has 4 heteroatoms. The zero-order chi connectivity index (χ0) is 15.1. The van der Waals surface area contributed by atoms with E-state index in [4.69, 9.17) is 9.47 Å². The fourth-order valence-electron chi connectivity index (χ4n) is 1.99. The molecule has 0 radical (unpaired) electrons. The highest BCUT2D eigenvalue weighted by atomic mass is 32.1. The maximum absolute atomic E-state index is 5.90. The summed E-state index contributed by atoms with van der Waals surface area (Å²) in [5.41, 5.74) is 1.21. The van der Waals surface area contributed by atoms with Gasteiger partial charge in [-0.25, -0.2) is 0 Å². The second-order valence-electron chi connectivity index (χ2n) is 5.38. The maximum atomic E-state index is 5.90. The lowest BCUT2D eigenvalue weighted by molar-refractivity contribution is 0.287. The van der Waals surface area contributed by atoms with E-state index in [1.165, 1.54) is 10.4 Å². The van der Waals surface area contributed by atoms with Gasteiger partial charge in [0.25, 0.3) is 0 Å². The Bertz CT molecular complexity index is 538. The van der Waals surface area contributed by atoms with Crippen LogP contribution in [0.2, 0.25) is 0 Å². The van der Waals surface area contributed by atoms with E-state index in [1.807, 2.05) is 12.1 Å². The minimum absolute atomic E-state index is 0.580. The van der Waals surface area contributed by atoms with Gasteiger partial charge in [0.05, 0.1) is 7.11 Å². The lowest BCUT2D eigenvalue weighted by Gasteiger charge is -2.13. The average Bonchev–Trinajstić information content (AvgIpc) is 2.98. The van der Waals surface area contributed by atoms with E-state index >= 15 is 0 Å². The first kappa shape index (κ1) is 15.9. The zero-order valence-corrected chi connectivity index (χ0v) is 13.7. The van der Waals surface area contributed by atoms with Crippen molar-refractivity contribution in [2.75, 3.05) is 13.7 Å². The zero-order valence-electron chi connectivity index (χ0n) is 12.9. The Morgan fingerprint density at radius 1 is 1.19 bits per heavy atom. The minimum atomic E-state index is 0.580. The van der Waals surface area contributed by atoms with Crippen molar-refractivity contribution in [1.82, 2.24) is 5.32 Å². The summed E-state index contributed by atoms with van der Waals surface area (Å²) in [5, 5.41) is 5.50. The van der Waals surface area contributed by atoms with Crippen LogP contribution >= 0.6 is 11.3 Å². The summed E-state index contributed by atoms with van der Waals surface area (Å²) < 4.78 is 11.3. The van der Waals surface area contributed by atoms with Gasteiger partial charge in [-0.3, -0.25) is 0 Å². The van der Waals surface area contributed by atoms with E-state index in [0.717, 1.165) is 24.6 Å². The van der Waals surface area contributed by atoms with Gasteiger partial charge in [-0.15, -0.1) is 11.3 Å². The summed E-state index contributed by atoms with van der Waals surface area (Å²) in [6.45, 7) is 6.85. The van der Waals surface area contributed by atoms with Crippen molar-refractivity contribution in [3.63, 3.8) is 0 Å². The fraction of sp³-hybridized carbons (Fsp3) is 0.412. The van der Waals surface area contributed by atoms with Crippen molar-refractivity contribution in [3.05, 3.63) is 46.2 Å². The first-order valence-electron chi connectivity index (χ1n) is 7.22. The monoisotopic (exact) mass is 305 g/mol. The first-order chi connectivity index (χ1) is 10.2. The number of hydrogen-bond acceptors (Lipinski definition) is 4. The second-order valence-corrected chi connectivity index (χ2v) is 6.41. The molecule has 2 rings (SSSR count). The lowest BCUT2D eigenvalue weighted by Crippen LogP contribution is -2.18. The van der Waals surface area contributed by atoms with Gasteiger partial charge < -0.3 is 14.8 Å². The summed E-state index contributed by atoms with van der Waals surface area (Å²) in [7, 11) is 1.67. The van der Waals surface area contributed by atoms with Crippen LogP contribution in [0.25, 0.3) is 0 Å². The molecule has 1 N–H and O–H groups in total. The van der Waals surface area contributed by atoms with Crippen molar-refractivity contribution in [3.8, 4) is 11.5 Å². The molecular weight excluding hydrogens is 282 g/mol. The number of methoxy groups -OCH3 is 1. The standard InChI is InChI=1S/C17H23NO2S/c1-13(2)10-18-11-14-6-7-16(19-3)17(9-14)20-12-15-5-4-8-21-15/h4-9,13,18H,10-12H2,1-3H3. The van der Waals surface area contributed by atoms with E-state index < -0.39 is 0 Å². The Labute approximate surface area is 130 Å². The Hall–Kier alpha value is -1.52. The van der Waals surface area contributed by atoms with Crippen LogP contribution in [0, 0.1) is 5.92 Å². The van der Waals surface area contributed by atoms with Gasteiger partial charge in [-0.05, 0) is 41.6 Å². The maximum Gasteiger partial charge on any atom is 0.162 e. The molecular formula is C17H23NO2S. The molecule has 0 aliphatic heterocycles. The molecule has 0 atom stereocenters. The molecule has 2 aromatic rings. The molecule has 1 aromatic heterocycles. The Balaban J connectivity index is 1.99. The van der Waals surface area contributed by atoms with Crippen molar-refractivity contribution in [2.45, 2.75) is 27.0 Å².